The third-order valence-electron chi connectivity index (χ3n) is 4.28. The molecule has 118 valence electrons. The van der Waals surface area contributed by atoms with E-state index in [-0.39, 0.29) is 5.91 Å². The smallest absolute Gasteiger partial charge is 0.266 e. The summed E-state index contributed by atoms with van der Waals surface area (Å²) in [5.74, 6) is 0.0771. The molecule has 1 aromatic rings. The van der Waals surface area contributed by atoms with Gasteiger partial charge in [-0.2, -0.15) is 0 Å². The van der Waals surface area contributed by atoms with Gasteiger partial charge in [-0.3, -0.25) is 14.7 Å². The average molecular weight is 317 g/mol. The van der Waals surface area contributed by atoms with E-state index in [2.05, 4.69) is 28.0 Å². The lowest BCUT2D eigenvalue weighted by Crippen LogP contribution is -2.28. The molecule has 0 unspecified atom stereocenters. The van der Waals surface area contributed by atoms with Crippen LogP contribution >= 0.6 is 11.8 Å². The van der Waals surface area contributed by atoms with Gasteiger partial charge in [-0.1, -0.05) is 12.8 Å². The maximum atomic E-state index is 12.4. The van der Waals surface area contributed by atoms with Gasteiger partial charge in [0, 0.05) is 31.5 Å². The zero-order chi connectivity index (χ0) is 15.5. The number of amidine groups is 1. The quantitative estimate of drug-likeness (QED) is 0.790. The molecule has 0 bridgehead atoms. The fourth-order valence-electron chi connectivity index (χ4n) is 3.14. The van der Waals surface area contributed by atoms with E-state index in [0.717, 1.165) is 15.6 Å². The lowest BCUT2D eigenvalue weighted by molar-refractivity contribution is -0.122. The number of thioether (sulfide) groups is 1. The summed E-state index contributed by atoms with van der Waals surface area (Å²) in [5.41, 5.74) is 1.11. The molecule has 0 spiro atoms. The number of carbonyl (C=O) groups is 1. The first-order valence-corrected chi connectivity index (χ1v) is 8.98. The highest BCUT2D eigenvalue weighted by molar-refractivity contribution is 8.18. The maximum absolute atomic E-state index is 12.4. The zero-order valence-corrected chi connectivity index (χ0v) is 14.1. The molecule has 0 radical (unpaired) electrons. The van der Waals surface area contributed by atoms with Crippen LogP contribution in [0.1, 0.15) is 51.1 Å². The molecule has 5 heteroatoms. The Labute approximate surface area is 136 Å². The van der Waals surface area contributed by atoms with Crippen LogP contribution in [0.4, 0.5) is 0 Å². The molecule has 0 N–H and O–H groups in total. The summed E-state index contributed by atoms with van der Waals surface area (Å²) >= 11 is 1.49. The third kappa shape index (κ3) is 3.00. The number of likely N-dealkylation sites (N-methyl/N-ethyl adjacent to an activating group) is 1. The molecule has 1 saturated carbocycles. The Kier molecular flexibility index (Phi) is 4.71. The second-order valence-corrected chi connectivity index (χ2v) is 6.76. The van der Waals surface area contributed by atoms with Gasteiger partial charge in [-0.15, -0.1) is 0 Å². The lowest BCUT2D eigenvalue weighted by Gasteiger charge is -2.11. The van der Waals surface area contributed by atoms with Gasteiger partial charge in [0.1, 0.15) is 0 Å². The number of carbonyl (C=O) groups excluding carboxylic acids is 1. The monoisotopic (exact) mass is 317 g/mol. The number of aromatic nitrogens is 1. The van der Waals surface area contributed by atoms with Gasteiger partial charge >= 0.3 is 0 Å². The topological polar surface area (TPSA) is 37.6 Å². The second kappa shape index (κ2) is 6.73. The van der Waals surface area contributed by atoms with Crippen molar-refractivity contribution in [3.05, 3.63) is 28.9 Å². The van der Waals surface area contributed by atoms with Crippen LogP contribution in [-0.2, 0) is 4.79 Å². The number of hydrogen-bond donors (Lipinski definition) is 0. The van der Waals surface area contributed by atoms with Crippen molar-refractivity contribution in [1.29, 1.82) is 0 Å². The Morgan fingerprint density at radius 1 is 1.36 bits per heavy atom. The Morgan fingerprint density at radius 2 is 2.14 bits per heavy atom. The van der Waals surface area contributed by atoms with Gasteiger partial charge < -0.3 is 4.57 Å². The Balaban J connectivity index is 1.80. The van der Waals surface area contributed by atoms with Crippen molar-refractivity contribution in [3.8, 4) is 0 Å². The normalized spacial score (nSPS) is 23.4. The molecule has 2 fully saturated rings. The van der Waals surface area contributed by atoms with Crippen molar-refractivity contribution in [2.75, 3.05) is 13.1 Å². The zero-order valence-electron chi connectivity index (χ0n) is 13.3. The first-order chi connectivity index (χ1) is 10.7. The van der Waals surface area contributed by atoms with Crippen molar-refractivity contribution in [1.82, 2.24) is 9.47 Å². The fraction of sp³-hybridized carbons (Fsp3) is 0.529. The van der Waals surface area contributed by atoms with E-state index in [9.17, 15) is 4.79 Å². The highest BCUT2D eigenvalue weighted by Crippen LogP contribution is 2.33. The van der Waals surface area contributed by atoms with Crippen molar-refractivity contribution < 1.29 is 4.79 Å². The largest absolute Gasteiger partial charge is 0.351 e. The first-order valence-electron chi connectivity index (χ1n) is 8.16. The lowest BCUT2D eigenvalue weighted by atomic mass is 10.2. The van der Waals surface area contributed by atoms with E-state index in [0.29, 0.717) is 19.1 Å². The van der Waals surface area contributed by atoms with Crippen molar-refractivity contribution >= 4 is 28.9 Å². The van der Waals surface area contributed by atoms with Crippen LogP contribution in [0.5, 0.6) is 0 Å². The second-order valence-electron chi connectivity index (χ2n) is 5.75. The van der Waals surface area contributed by atoms with Gasteiger partial charge in [0.15, 0.2) is 5.17 Å². The Bertz CT molecular complexity index is 611. The van der Waals surface area contributed by atoms with E-state index in [1.807, 2.05) is 19.9 Å². The van der Waals surface area contributed by atoms with Crippen LogP contribution in [0.15, 0.2) is 28.4 Å². The van der Waals surface area contributed by atoms with Gasteiger partial charge in [0.25, 0.3) is 5.91 Å². The molecule has 1 aromatic heterocycles. The van der Waals surface area contributed by atoms with E-state index in [1.54, 1.807) is 4.90 Å². The maximum Gasteiger partial charge on any atom is 0.266 e. The summed E-state index contributed by atoms with van der Waals surface area (Å²) in [7, 11) is 0. The highest BCUT2D eigenvalue weighted by atomic mass is 32.2. The van der Waals surface area contributed by atoms with Crippen molar-refractivity contribution in [3.63, 3.8) is 0 Å². The van der Waals surface area contributed by atoms with Crippen LogP contribution < -0.4 is 0 Å². The average Bonchev–Trinajstić information content (AvgIpc) is 3.22. The molecule has 4 nitrogen and oxygen atoms in total. The van der Waals surface area contributed by atoms with Crippen LogP contribution in [0.2, 0.25) is 0 Å². The summed E-state index contributed by atoms with van der Waals surface area (Å²) in [6.45, 7) is 5.36. The van der Waals surface area contributed by atoms with Gasteiger partial charge in [0.2, 0.25) is 0 Å². The minimum absolute atomic E-state index is 0.0771. The highest BCUT2D eigenvalue weighted by Gasteiger charge is 2.31. The standard InChI is InChI=1S/C17H23N3OS/c1-3-18-17-20(4-2)16(21)15(22-17)11-13-9-10-19(12-13)14-7-5-6-8-14/h9-12,14H,3-8H2,1-2H3/b15-11+,18-17?. The number of aliphatic imine (C=N–C) groups is 1. The molecule has 1 amide bonds. The molecule has 3 rings (SSSR count). The van der Waals surface area contributed by atoms with E-state index < -0.39 is 0 Å². The summed E-state index contributed by atoms with van der Waals surface area (Å²) in [6, 6.07) is 2.74. The Morgan fingerprint density at radius 3 is 2.82 bits per heavy atom. The molecular weight excluding hydrogens is 294 g/mol. The predicted molar refractivity (Wildman–Crippen MR) is 92.9 cm³/mol. The molecule has 0 aromatic carbocycles. The number of amides is 1. The molecule has 0 atom stereocenters. The van der Waals surface area contributed by atoms with E-state index in [4.69, 9.17) is 0 Å². The van der Waals surface area contributed by atoms with E-state index >= 15 is 0 Å². The predicted octanol–water partition coefficient (Wildman–Crippen LogP) is 3.92. The van der Waals surface area contributed by atoms with E-state index in [1.165, 1.54) is 37.4 Å². The van der Waals surface area contributed by atoms with Crippen LogP contribution in [-0.4, -0.2) is 33.6 Å². The van der Waals surface area contributed by atoms with Crippen LogP contribution in [0.25, 0.3) is 6.08 Å². The fourth-order valence-corrected chi connectivity index (χ4v) is 4.24. The molecular formula is C17H23N3OS. The summed E-state index contributed by atoms with van der Waals surface area (Å²) in [5, 5.41) is 0.830. The minimum atomic E-state index is 0.0771. The summed E-state index contributed by atoms with van der Waals surface area (Å²) in [4.78, 5) is 19.4. The first kappa shape index (κ1) is 15.4. The minimum Gasteiger partial charge on any atom is -0.351 e. The molecule has 1 saturated heterocycles. The van der Waals surface area contributed by atoms with Crippen molar-refractivity contribution in [2.45, 2.75) is 45.6 Å². The van der Waals surface area contributed by atoms with Crippen LogP contribution in [0.3, 0.4) is 0 Å². The number of hydrogen-bond acceptors (Lipinski definition) is 3. The summed E-state index contributed by atoms with van der Waals surface area (Å²) in [6.07, 6.45) is 11.5. The Hall–Kier alpha value is -1.49. The molecule has 1 aliphatic carbocycles. The third-order valence-corrected chi connectivity index (χ3v) is 5.32. The number of nitrogens with zero attached hydrogens (tertiary/aromatic N) is 3. The molecule has 2 heterocycles. The van der Waals surface area contributed by atoms with Gasteiger partial charge in [0.05, 0.1) is 4.91 Å². The van der Waals surface area contributed by atoms with Crippen LogP contribution in [0, 0.1) is 0 Å². The molecule has 22 heavy (non-hydrogen) atoms. The molecule has 2 aliphatic rings. The van der Waals surface area contributed by atoms with Gasteiger partial charge in [-0.25, -0.2) is 0 Å². The SMILES string of the molecule is CCN=C1S/C(=C/c2ccn(C3CCCC3)c2)C(=O)N1CC. The molecule has 1 aliphatic heterocycles. The van der Waals surface area contributed by atoms with Gasteiger partial charge in [-0.05, 0) is 56.2 Å². The summed E-state index contributed by atoms with van der Waals surface area (Å²) < 4.78 is 2.31. The number of rotatable bonds is 4. The van der Waals surface area contributed by atoms with Crippen molar-refractivity contribution in [2.24, 2.45) is 4.99 Å².